The van der Waals surface area contributed by atoms with Crippen LogP contribution in [-0.2, 0) is 11.2 Å². The predicted molar refractivity (Wildman–Crippen MR) is 181 cm³/mol. The Balaban J connectivity index is 1.11. The van der Waals surface area contributed by atoms with E-state index in [-0.39, 0.29) is 11.8 Å². The molecular formula is C37H46N4O3S. The van der Waals surface area contributed by atoms with E-state index in [1.165, 1.54) is 22.6 Å². The lowest BCUT2D eigenvalue weighted by atomic mass is 9.85. The number of carbonyl (C=O) groups excluding carboxylic acids is 3. The van der Waals surface area contributed by atoms with Crippen LogP contribution in [0.1, 0.15) is 107 Å². The Morgan fingerprint density at radius 2 is 1.82 bits per heavy atom. The summed E-state index contributed by atoms with van der Waals surface area (Å²) in [7, 11) is 0. The van der Waals surface area contributed by atoms with Crippen molar-refractivity contribution in [3.63, 3.8) is 0 Å². The summed E-state index contributed by atoms with van der Waals surface area (Å²) in [5.41, 5.74) is 5.10. The second-order valence-electron chi connectivity index (χ2n) is 13.2. The van der Waals surface area contributed by atoms with Crippen LogP contribution in [0.2, 0.25) is 0 Å². The van der Waals surface area contributed by atoms with E-state index in [1.807, 2.05) is 19.1 Å². The highest BCUT2D eigenvalue weighted by Crippen LogP contribution is 2.60. The third kappa shape index (κ3) is 7.49. The molecule has 1 saturated heterocycles. The highest BCUT2D eigenvalue weighted by molar-refractivity contribution is 7.13. The van der Waals surface area contributed by atoms with Crippen LogP contribution in [-0.4, -0.2) is 42.2 Å². The SMILES string of the molecule is CCc1ncc(C(=O)Nc2cc(C(=O)NCCCCC3CCCC(=O)C3)ccc2C2C3CCN(c4ccccc4C)CCC32)s1. The van der Waals surface area contributed by atoms with Crippen molar-refractivity contribution in [2.24, 2.45) is 17.8 Å². The van der Waals surface area contributed by atoms with Crippen molar-refractivity contribution in [2.45, 2.75) is 84.0 Å². The largest absolute Gasteiger partial charge is 0.371 e. The van der Waals surface area contributed by atoms with Gasteiger partial charge in [0.15, 0.2) is 0 Å². The molecular weight excluding hydrogens is 580 g/mol. The topological polar surface area (TPSA) is 91.4 Å². The van der Waals surface area contributed by atoms with Gasteiger partial charge in [-0.2, -0.15) is 0 Å². The van der Waals surface area contributed by atoms with Gasteiger partial charge in [0.25, 0.3) is 11.8 Å². The van der Waals surface area contributed by atoms with Crippen LogP contribution in [0.25, 0.3) is 0 Å². The molecule has 2 aliphatic carbocycles. The third-order valence-corrected chi connectivity index (χ3v) is 11.3. The summed E-state index contributed by atoms with van der Waals surface area (Å²) in [5, 5.41) is 7.20. The molecule has 3 fully saturated rings. The maximum atomic E-state index is 13.3. The molecule has 3 aromatic rings. The molecule has 0 spiro atoms. The summed E-state index contributed by atoms with van der Waals surface area (Å²) in [4.78, 5) is 45.8. The lowest BCUT2D eigenvalue weighted by Crippen LogP contribution is -2.26. The van der Waals surface area contributed by atoms with E-state index < -0.39 is 0 Å². The van der Waals surface area contributed by atoms with Crippen LogP contribution in [0.3, 0.4) is 0 Å². The first-order valence-corrected chi connectivity index (χ1v) is 17.7. The van der Waals surface area contributed by atoms with Gasteiger partial charge in [0.1, 0.15) is 10.7 Å². The number of amides is 2. The lowest BCUT2D eigenvalue weighted by molar-refractivity contribution is -0.121. The Kier molecular flexibility index (Phi) is 9.98. The highest BCUT2D eigenvalue weighted by atomic mass is 32.1. The third-order valence-electron chi connectivity index (χ3n) is 10.2. The Labute approximate surface area is 271 Å². The molecule has 3 aliphatic rings. The fourth-order valence-corrected chi connectivity index (χ4v) is 8.41. The van der Waals surface area contributed by atoms with Crippen molar-refractivity contribution in [1.82, 2.24) is 10.3 Å². The van der Waals surface area contributed by atoms with Crippen LogP contribution < -0.4 is 15.5 Å². The van der Waals surface area contributed by atoms with Crippen molar-refractivity contribution in [2.75, 3.05) is 29.9 Å². The number of Topliss-reactive ketones (excluding diaryl/α,β-unsaturated/α-hetero) is 1. The second-order valence-corrected chi connectivity index (χ2v) is 14.3. The zero-order valence-electron chi connectivity index (χ0n) is 26.6. The van der Waals surface area contributed by atoms with Crippen molar-refractivity contribution in [3.8, 4) is 0 Å². The predicted octanol–water partition coefficient (Wildman–Crippen LogP) is 7.56. The molecule has 6 rings (SSSR count). The molecule has 8 heteroatoms. The Morgan fingerprint density at radius 3 is 2.56 bits per heavy atom. The van der Waals surface area contributed by atoms with E-state index in [2.05, 4.69) is 57.8 Å². The van der Waals surface area contributed by atoms with Gasteiger partial charge in [0, 0.05) is 49.4 Å². The smallest absolute Gasteiger partial charge is 0.267 e. The molecule has 7 nitrogen and oxygen atoms in total. The van der Waals surface area contributed by atoms with Gasteiger partial charge in [-0.3, -0.25) is 14.4 Å². The number of benzene rings is 2. The van der Waals surface area contributed by atoms with E-state index >= 15 is 0 Å². The van der Waals surface area contributed by atoms with E-state index in [4.69, 9.17) is 0 Å². The summed E-state index contributed by atoms with van der Waals surface area (Å²) in [6.07, 6.45) is 11.3. The number of nitrogens with zero attached hydrogens (tertiary/aromatic N) is 2. The number of carbonyl (C=O) groups is 3. The van der Waals surface area contributed by atoms with Gasteiger partial charge in [-0.25, -0.2) is 4.98 Å². The fourth-order valence-electron chi connectivity index (χ4n) is 7.66. The average Bonchev–Trinajstić information content (AvgIpc) is 3.58. The second kappa shape index (κ2) is 14.3. The summed E-state index contributed by atoms with van der Waals surface area (Å²) < 4.78 is 0. The molecule has 3 atom stereocenters. The monoisotopic (exact) mass is 626 g/mol. The molecule has 1 aromatic heterocycles. The maximum Gasteiger partial charge on any atom is 0.267 e. The molecule has 2 N–H and O–H groups in total. The molecule has 3 unspecified atom stereocenters. The standard InChI is InChI=1S/C37H46N4O3S/c1-3-34-39-23-33(45-34)37(44)40-31-22-26(36(43)38-18-7-6-10-25-11-8-12-27(42)21-25)14-15-30(31)35-28-16-19-41(20-17-29(28)35)32-13-5-4-9-24(32)2/h4-5,9,13-15,22-23,25,28-29,35H,3,6-8,10-12,16-21H2,1-2H3,(H,38,43)(H,40,44). The van der Waals surface area contributed by atoms with Crippen molar-refractivity contribution < 1.29 is 14.4 Å². The first kappa shape index (κ1) is 31.5. The van der Waals surface area contributed by atoms with Gasteiger partial charge in [0.2, 0.25) is 0 Å². The number of fused-ring (bicyclic) bond motifs is 1. The highest BCUT2D eigenvalue weighted by Gasteiger charge is 2.52. The molecule has 1 aliphatic heterocycles. The van der Waals surface area contributed by atoms with Gasteiger partial charge in [-0.05, 0) is 105 Å². The molecule has 0 bridgehead atoms. The molecule has 45 heavy (non-hydrogen) atoms. The normalized spacial score (nSPS) is 22.8. The number of ketones is 1. The summed E-state index contributed by atoms with van der Waals surface area (Å²) in [6.45, 7) is 6.89. The van der Waals surface area contributed by atoms with Gasteiger partial charge >= 0.3 is 0 Å². The first-order valence-electron chi connectivity index (χ1n) is 16.9. The summed E-state index contributed by atoms with van der Waals surface area (Å²) in [5.74, 6) is 2.16. The Morgan fingerprint density at radius 1 is 1.02 bits per heavy atom. The number of hydrogen-bond donors (Lipinski definition) is 2. The van der Waals surface area contributed by atoms with E-state index in [0.717, 1.165) is 93.6 Å². The van der Waals surface area contributed by atoms with Crippen molar-refractivity contribution in [1.29, 1.82) is 0 Å². The van der Waals surface area contributed by atoms with Crippen molar-refractivity contribution in [3.05, 3.63) is 75.2 Å². The Bertz CT molecular complexity index is 1520. The molecule has 2 amide bonds. The zero-order valence-corrected chi connectivity index (χ0v) is 27.5. The van der Waals surface area contributed by atoms with Gasteiger partial charge in [0.05, 0.1) is 11.2 Å². The number of hydrogen-bond acceptors (Lipinski definition) is 6. The molecule has 2 saturated carbocycles. The van der Waals surface area contributed by atoms with Crippen molar-refractivity contribution >= 4 is 40.3 Å². The number of aromatic nitrogens is 1. The number of aryl methyl sites for hydroxylation is 2. The minimum atomic E-state index is -0.168. The number of para-hydroxylation sites is 1. The number of anilines is 2. The number of thiazole rings is 1. The van der Waals surface area contributed by atoms with Gasteiger partial charge in [-0.15, -0.1) is 11.3 Å². The quantitative estimate of drug-likeness (QED) is 0.215. The zero-order chi connectivity index (χ0) is 31.3. The molecule has 2 aromatic carbocycles. The molecule has 0 radical (unpaired) electrons. The summed E-state index contributed by atoms with van der Waals surface area (Å²) in [6, 6.07) is 14.5. The van der Waals surface area contributed by atoms with Crippen LogP contribution in [0.5, 0.6) is 0 Å². The lowest BCUT2D eigenvalue weighted by Gasteiger charge is -2.26. The minimum Gasteiger partial charge on any atom is -0.371 e. The number of unbranched alkanes of at least 4 members (excludes halogenated alkanes) is 1. The number of rotatable bonds is 11. The van der Waals surface area contributed by atoms with Crippen LogP contribution in [0.4, 0.5) is 11.4 Å². The van der Waals surface area contributed by atoms with E-state index in [0.29, 0.717) is 46.4 Å². The van der Waals surface area contributed by atoms with Crippen LogP contribution in [0, 0.1) is 24.7 Å². The van der Waals surface area contributed by atoms with E-state index in [9.17, 15) is 14.4 Å². The minimum absolute atomic E-state index is 0.116. The number of nitrogens with one attached hydrogen (secondary N) is 2. The van der Waals surface area contributed by atoms with Gasteiger partial charge in [-0.1, -0.05) is 37.6 Å². The first-order chi connectivity index (χ1) is 21.9. The van der Waals surface area contributed by atoms with Crippen LogP contribution >= 0.6 is 11.3 Å². The fraction of sp³-hybridized carbons (Fsp3) is 0.514. The van der Waals surface area contributed by atoms with Gasteiger partial charge < -0.3 is 15.5 Å². The average molecular weight is 627 g/mol. The molecule has 2 heterocycles. The Hall–Kier alpha value is -3.52. The van der Waals surface area contributed by atoms with E-state index in [1.54, 1.807) is 6.20 Å². The molecule has 238 valence electrons. The maximum absolute atomic E-state index is 13.3. The van der Waals surface area contributed by atoms with Crippen LogP contribution in [0.15, 0.2) is 48.7 Å². The summed E-state index contributed by atoms with van der Waals surface area (Å²) >= 11 is 1.42.